The lowest BCUT2D eigenvalue weighted by molar-refractivity contribution is 0.216. The molecule has 0 amide bonds. The second kappa shape index (κ2) is 9.13. The zero-order valence-corrected chi connectivity index (χ0v) is 10.8. The van der Waals surface area contributed by atoms with Gasteiger partial charge in [-0.15, -0.1) is 0 Å². The molecule has 0 aliphatic carbocycles. The summed E-state index contributed by atoms with van der Waals surface area (Å²) in [5.41, 5.74) is 0. The molecule has 15 heavy (non-hydrogen) atoms. The van der Waals surface area contributed by atoms with Gasteiger partial charge in [0, 0.05) is 12.6 Å². The molecule has 1 aliphatic rings. The largest absolute Gasteiger partial charge is 0.395 e. The maximum atomic E-state index is 8.71. The summed E-state index contributed by atoms with van der Waals surface area (Å²) in [5, 5.41) is 12.2. The lowest BCUT2D eigenvalue weighted by atomic mass is 10.1. The fourth-order valence-corrected chi connectivity index (χ4v) is 1.90. The molecule has 2 atom stereocenters. The van der Waals surface area contributed by atoms with Crippen LogP contribution < -0.4 is 5.32 Å². The van der Waals surface area contributed by atoms with Crippen LogP contribution >= 0.6 is 0 Å². The molecule has 0 spiro atoms. The zero-order valence-electron chi connectivity index (χ0n) is 10.8. The Morgan fingerprint density at radius 3 is 2.47 bits per heavy atom. The third-order valence-corrected chi connectivity index (χ3v) is 2.78. The van der Waals surface area contributed by atoms with Gasteiger partial charge in [0.15, 0.2) is 0 Å². The van der Waals surface area contributed by atoms with Crippen LogP contribution in [-0.4, -0.2) is 49.3 Å². The lowest BCUT2D eigenvalue weighted by Crippen LogP contribution is -2.29. The summed E-state index contributed by atoms with van der Waals surface area (Å²) in [5.74, 6) is 0.841. The molecule has 0 aromatic heterocycles. The molecule has 1 rings (SSSR count). The first-order valence-corrected chi connectivity index (χ1v) is 6.25. The molecule has 0 bridgehead atoms. The minimum absolute atomic E-state index is 0.269. The number of hydrogen-bond acceptors (Lipinski definition) is 3. The van der Waals surface area contributed by atoms with E-state index in [0.717, 1.165) is 19.0 Å². The Balaban J connectivity index is 0.000000921. The number of aliphatic hydroxyl groups is 1. The Kier molecular flexibility index (Phi) is 9.06. The Morgan fingerprint density at radius 2 is 2.00 bits per heavy atom. The van der Waals surface area contributed by atoms with Crippen molar-refractivity contribution in [2.75, 3.05) is 33.3 Å². The smallest absolute Gasteiger partial charge is 0.0558 e. The second-order valence-corrected chi connectivity index (χ2v) is 4.26. The van der Waals surface area contributed by atoms with E-state index in [1.54, 1.807) is 0 Å². The molecular weight excluding hydrogens is 188 g/mol. The first kappa shape index (κ1) is 14.9. The van der Waals surface area contributed by atoms with E-state index in [4.69, 9.17) is 5.11 Å². The summed E-state index contributed by atoms with van der Waals surface area (Å²) in [6.45, 7) is 9.62. The standard InChI is InChI=1S/C10H22N2O.C2H6/c1-9-7-10(11-8-9)3-4-12(2)5-6-13;1-2/h9-11,13H,3-8H2,1-2H3;1-2H3. The predicted molar refractivity (Wildman–Crippen MR) is 66.1 cm³/mol. The van der Waals surface area contributed by atoms with E-state index in [-0.39, 0.29) is 6.61 Å². The van der Waals surface area contributed by atoms with Crippen molar-refractivity contribution in [2.24, 2.45) is 5.92 Å². The highest BCUT2D eigenvalue weighted by molar-refractivity contribution is 4.79. The van der Waals surface area contributed by atoms with E-state index < -0.39 is 0 Å². The van der Waals surface area contributed by atoms with Gasteiger partial charge < -0.3 is 15.3 Å². The van der Waals surface area contributed by atoms with Crippen molar-refractivity contribution in [2.45, 2.75) is 39.7 Å². The fourth-order valence-electron chi connectivity index (χ4n) is 1.90. The molecule has 1 aliphatic heterocycles. The molecule has 0 radical (unpaired) electrons. The van der Waals surface area contributed by atoms with Crippen LogP contribution in [0.2, 0.25) is 0 Å². The molecular formula is C12H28N2O. The van der Waals surface area contributed by atoms with Crippen LogP contribution in [0.15, 0.2) is 0 Å². The topological polar surface area (TPSA) is 35.5 Å². The SMILES string of the molecule is CC.CC1CNC(CCN(C)CCO)C1. The van der Waals surface area contributed by atoms with Crippen LogP contribution in [0.1, 0.15) is 33.6 Å². The van der Waals surface area contributed by atoms with Crippen LogP contribution in [0.4, 0.5) is 0 Å². The highest BCUT2D eigenvalue weighted by Crippen LogP contribution is 2.15. The fraction of sp³-hybridized carbons (Fsp3) is 1.00. The van der Waals surface area contributed by atoms with Crippen molar-refractivity contribution < 1.29 is 5.11 Å². The first-order chi connectivity index (χ1) is 7.22. The Morgan fingerprint density at radius 1 is 1.33 bits per heavy atom. The van der Waals surface area contributed by atoms with Crippen LogP contribution in [-0.2, 0) is 0 Å². The molecule has 2 N–H and O–H groups in total. The number of hydrogen-bond donors (Lipinski definition) is 2. The van der Waals surface area contributed by atoms with Gasteiger partial charge in [-0.3, -0.25) is 0 Å². The number of likely N-dealkylation sites (N-methyl/N-ethyl adjacent to an activating group) is 1. The average molecular weight is 216 g/mol. The molecule has 1 heterocycles. The molecule has 0 aromatic carbocycles. The van der Waals surface area contributed by atoms with Crippen molar-refractivity contribution in [3.8, 4) is 0 Å². The molecule has 0 saturated carbocycles. The number of nitrogens with zero attached hydrogens (tertiary/aromatic N) is 1. The lowest BCUT2D eigenvalue weighted by Gasteiger charge is -2.17. The summed E-state index contributed by atoms with van der Waals surface area (Å²) in [4.78, 5) is 2.19. The highest BCUT2D eigenvalue weighted by Gasteiger charge is 2.19. The Labute approximate surface area is 94.9 Å². The third-order valence-electron chi connectivity index (χ3n) is 2.78. The van der Waals surface area contributed by atoms with Gasteiger partial charge in [0.2, 0.25) is 0 Å². The van der Waals surface area contributed by atoms with Gasteiger partial charge in [0.1, 0.15) is 0 Å². The van der Waals surface area contributed by atoms with Crippen molar-refractivity contribution in [1.29, 1.82) is 0 Å². The summed E-state index contributed by atoms with van der Waals surface area (Å²) < 4.78 is 0. The van der Waals surface area contributed by atoms with Crippen LogP contribution in [0, 0.1) is 5.92 Å². The molecule has 3 heteroatoms. The van der Waals surface area contributed by atoms with Gasteiger partial charge in [-0.25, -0.2) is 0 Å². The van der Waals surface area contributed by atoms with Gasteiger partial charge in [0.25, 0.3) is 0 Å². The maximum Gasteiger partial charge on any atom is 0.0558 e. The maximum absolute atomic E-state index is 8.71. The molecule has 92 valence electrons. The van der Waals surface area contributed by atoms with Gasteiger partial charge in [-0.1, -0.05) is 20.8 Å². The van der Waals surface area contributed by atoms with Gasteiger partial charge in [0.05, 0.1) is 6.61 Å². The van der Waals surface area contributed by atoms with E-state index in [2.05, 4.69) is 24.2 Å². The number of nitrogens with one attached hydrogen (secondary N) is 1. The predicted octanol–water partition coefficient (Wildman–Crippen LogP) is 1.32. The summed E-state index contributed by atoms with van der Waals surface area (Å²) >= 11 is 0. The Bertz CT molecular complexity index is 142. The van der Waals surface area contributed by atoms with Crippen molar-refractivity contribution in [3.63, 3.8) is 0 Å². The summed E-state index contributed by atoms with van der Waals surface area (Å²) in [6.07, 6.45) is 2.52. The van der Waals surface area contributed by atoms with E-state index in [1.165, 1.54) is 19.4 Å². The minimum atomic E-state index is 0.269. The zero-order chi connectivity index (χ0) is 11.7. The van der Waals surface area contributed by atoms with E-state index >= 15 is 0 Å². The normalized spacial score (nSPS) is 25.2. The summed E-state index contributed by atoms with van der Waals surface area (Å²) in [6, 6.07) is 0.705. The van der Waals surface area contributed by atoms with Crippen LogP contribution in [0.25, 0.3) is 0 Å². The van der Waals surface area contributed by atoms with Gasteiger partial charge in [-0.05, 0) is 38.9 Å². The highest BCUT2D eigenvalue weighted by atomic mass is 16.3. The molecule has 1 saturated heterocycles. The molecule has 0 aromatic rings. The molecule has 3 nitrogen and oxygen atoms in total. The molecule has 1 fully saturated rings. The van der Waals surface area contributed by atoms with Crippen molar-refractivity contribution in [1.82, 2.24) is 10.2 Å². The number of rotatable bonds is 5. The van der Waals surface area contributed by atoms with Crippen molar-refractivity contribution in [3.05, 3.63) is 0 Å². The first-order valence-electron chi connectivity index (χ1n) is 6.25. The average Bonchev–Trinajstić information content (AvgIpc) is 2.65. The Hall–Kier alpha value is -0.120. The van der Waals surface area contributed by atoms with Crippen molar-refractivity contribution >= 4 is 0 Å². The van der Waals surface area contributed by atoms with Gasteiger partial charge in [-0.2, -0.15) is 0 Å². The minimum Gasteiger partial charge on any atom is -0.395 e. The molecule has 2 unspecified atom stereocenters. The van der Waals surface area contributed by atoms with Crippen LogP contribution in [0.3, 0.4) is 0 Å². The van der Waals surface area contributed by atoms with Gasteiger partial charge >= 0.3 is 0 Å². The summed E-state index contributed by atoms with van der Waals surface area (Å²) in [7, 11) is 2.06. The van der Waals surface area contributed by atoms with E-state index in [9.17, 15) is 0 Å². The number of aliphatic hydroxyl groups excluding tert-OH is 1. The van der Waals surface area contributed by atoms with E-state index in [1.807, 2.05) is 13.8 Å². The third kappa shape index (κ3) is 6.88. The quantitative estimate of drug-likeness (QED) is 0.728. The van der Waals surface area contributed by atoms with E-state index in [0.29, 0.717) is 6.04 Å². The monoisotopic (exact) mass is 216 g/mol. The second-order valence-electron chi connectivity index (χ2n) is 4.26. The van der Waals surface area contributed by atoms with Crippen LogP contribution in [0.5, 0.6) is 0 Å².